The van der Waals surface area contributed by atoms with E-state index in [0.29, 0.717) is 5.69 Å². The Hall–Kier alpha value is -2.11. The largest absolute Gasteiger partial charge is 0.353 e. The Kier molecular flexibility index (Phi) is 3.51. The first-order valence-electron chi connectivity index (χ1n) is 8.73. The van der Waals surface area contributed by atoms with Crippen LogP contribution in [0.5, 0.6) is 0 Å². The van der Waals surface area contributed by atoms with E-state index in [0.717, 1.165) is 45.2 Å². The zero-order chi connectivity index (χ0) is 16.9. The maximum Gasteiger partial charge on any atom is 0.270 e. The number of pyridine rings is 1. The summed E-state index contributed by atoms with van der Waals surface area (Å²) in [5.74, 6) is 0.389. The quantitative estimate of drug-likeness (QED) is 0.896. The van der Waals surface area contributed by atoms with Gasteiger partial charge in [-0.05, 0) is 43.6 Å². The number of carbonyl (C=O) groups excluding carboxylic acids is 2. The molecule has 6 nitrogen and oxygen atoms in total. The van der Waals surface area contributed by atoms with Gasteiger partial charge in [0, 0.05) is 38.2 Å². The molecular formula is C18H23N3O3. The zero-order valence-corrected chi connectivity index (χ0v) is 14.0. The van der Waals surface area contributed by atoms with Crippen LogP contribution in [-0.4, -0.2) is 40.4 Å². The standard InChI is InChI=1S/C18H23N3O3/c1-20-14(3-2-4-15(20)22)17(24)21-8-7-18(11-21)9-13(10-18)19-16(23)12-5-6-12/h2-4,12-13H,5-11H2,1H3,(H,19,23). The minimum Gasteiger partial charge on any atom is -0.353 e. The molecule has 1 aliphatic heterocycles. The van der Waals surface area contributed by atoms with Gasteiger partial charge in [-0.2, -0.15) is 0 Å². The lowest BCUT2D eigenvalue weighted by Crippen LogP contribution is -2.52. The third kappa shape index (κ3) is 2.64. The number of hydrogen-bond donors (Lipinski definition) is 1. The first-order valence-corrected chi connectivity index (χ1v) is 8.73. The van der Waals surface area contributed by atoms with Crippen LogP contribution in [0, 0.1) is 11.3 Å². The zero-order valence-electron chi connectivity index (χ0n) is 14.0. The van der Waals surface area contributed by atoms with E-state index in [1.807, 2.05) is 4.90 Å². The van der Waals surface area contributed by atoms with Crippen LogP contribution in [0.3, 0.4) is 0 Å². The molecule has 1 saturated heterocycles. The summed E-state index contributed by atoms with van der Waals surface area (Å²) >= 11 is 0. The lowest BCUT2D eigenvalue weighted by atomic mass is 9.65. The van der Waals surface area contributed by atoms with Gasteiger partial charge in [0.15, 0.2) is 0 Å². The average Bonchev–Trinajstić information content (AvgIpc) is 3.29. The van der Waals surface area contributed by atoms with Gasteiger partial charge < -0.3 is 14.8 Å². The van der Waals surface area contributed by atoms with E-state index in [1.165, 1.54) is 10.6 Å². The number of hydrogen-bond acceptors (Lipinski definition) is 3. The van der Waals surface area contributed by atoms with Gasteiger partial charge in [0.25, 0.3) is 11.5 Å². The van der Waals surface area contributed by atoms with Crippen molar-refractivity contribution in [3.05, 3.63) is 34.2 Å². The number of rotatable bonds is 3. The first-order chi connectivity index (χ1) is 11.5. The lowest BCUT2D eigenvalue weighted by molar-refractivity contribution is -0.124. The van der Waals surface area contributed by atoms with Crippen molar-refractivity contribution in [1.82, 2.24) is 14.8 Å². The molecule has 4 rings (SSSR count). The van der Waals surface area contributed by atoms with E-state index >= 15 is 0 Å². The van der Waals surface area contributed by atoms with Gasteiger partial charge in [-0.15, -0.1) is 0 Å². The van der Waals surface area contributed by atoms with Crippen molar-refractivity contribution in [2.45, 2.75) is 38.1 Å². The molecule has 1 N–H and O–H groups in total. The average molecular weight is 329 g/mol. The molecule has 2 saturated carbocycles. The summed E-state index contributed by atoms with van der Waals surface area (Å²) in [5.41, 5.74) is 0.434. The van der Waals surface area contributed by atoms with Crippen LogP contribution in [0.1, 0.15) is 42.6 Å². The fourth-order valence-corrected chi connectivity index (χ4v) is 4.13. The summed E-state index contributed by atoms with van der Waals surface area (Å²) in [4.78, 5) is 38.1. The third-order valence-electron chi connectivity index (χ3n) is 5.78. The Morgan fingerprint density at radius 2 is 2.00 bits per heavy atom. The summed E-state index contributed by atoms with van der Waals surface area (Å²) in [7, 11) is 1.63. The molecule has 6 heteroatoms. The number of amides is 2. The van der Waals surface area contributed by atoms with Crippen molar-refractivity contribution in [2.75, 3.05) is 13.1 Å². The van der Waals surface area contributed by atoms with Crippen molar-refractivity contribution in [3.63, 3.8) is 0 Å². The number of aromatic nitrogens is 1. The van der Waals surface area contributed by atoms with Gasteiger partial charge in [0.2, 0.25) is 5.91 Å². The molecule has 0 aromatic carbocycles. The molecule has 0 radical (unpaired) electrons. The van der Waals surface area contributed by atoms with E-state index in [-0.39, 0.29) is 34.7 Å². The molecule has 1 aromatic rings. The van der Waals surface area contributed by atoms with Crippen molar-refractivity contribution in [3.8, 4) is 0 Å². The number of nitrogens with zero attached hydrogens (tertiary/aromatic N) is 2. The maximum absolute atomic E-state index is 12.7. The SMILES string of the molecule is Cn1c(C(=O)N2CCC3(CC(NC(=O)C4CC4)C3)C2)cccc1=O. The van der Waals surface area contributed by atoms with E-state index in [9.17, 15) is 14.4 Å². The monoisotopic (exact) mass is 329 g/mol. The second-order valence-electron chi connectivity index (χ2n) is 7.67. The molecule has 1 aromatic heterocycles. The van der Waals surface area contributed by atoms with Crippen LogP contribution in [0.4, 0.5) is 0 Å². The lowest BCUT2D eigenvalue weighted by Gasteiger charge is -2.45. The second-order valence-corrected chi connectivity index (χ2v) is 7.67. The predicted octanol–water partition coefficient (Wildman–Crippen LogP) is 0.906. The highest BCUT2D eigenvalue weighted by molar-refractivity contribution is 5.92. The van der Waals surface area contributed by atoms with Crippen LogP contribution in [0.2, 0.25) is 0 Å². The van der Waals surface area contributed by atoms with E-state index < -0.39 is 0 Å². The first kappa shape index (κ1) is 15.4. The second kappa shape index (κ2) is 5.46. The van der Waals surface area contributed by atoms with E-state index in [4.69, 9.17) is 0 Å². The van der Waals surface area contributed by atoms with Gasteiger partial charge in [-0.25, -0.2) is 0 Å². The number of carbonyl (C=O) groups is 2. The molecule has 128 valence electrons. The Bertz CT molecular complexity index is 744. The van der Waals surface area contributed by atoms with Gasteiger partial charge >= 0.3 is 0 Å². The third-order valence-corrected chi connectivity index (χ3v) is 5.78. The normalized spacial score (nSPS) is 28.7. The van der Waals surface area contributed by atoms with Crippen LogP contribution in [0.25, 0.3) is 0 Å². The molecular weight excluding hydrogens is 306 g/mol. The summed E-state index contributed by atoms with van der Waals surface area (Å²) in [6, 6.07) is 5.07. The molecule has 2 aliphatic carbocycles. The molecule has 3 fully saturated rings. The van der Waals surface area contributed by atoms with Crippen molar-refractivity contribution in [1.29, 1.82) is 0 Å². The molecule has 2 heterocycles. The summed E-state index contributed by atoms with van der Waals surface area (Å²) in [5, 5.41) is 3.13. The van der Waals surface area contributed by atoms with Gasteiger partial charge in [0.1, 0.15) is 5.69 Å². The minimum atomic E-state index is -0.166. The van der Waals surface area contributed by atoms with E-state index in [2.05, 4.69) is 5.32 Å². The fourth-order valence-electron chi connectivity index (χ4n) is 4.13. The van der Waals surface area contributed by atoms with Crippen molar-refractivity contribution >= 4 is 11.8 Å². The number of likely N-dealkylation sites (tertiary alicyclic amines) is 1. The molecule has 0 unspecified atom stereocenters. The fraction of sp³-hybridized carbons (Fsp3) is 0.611. The highest BCUT2D eigenvalue weighted by Crippen LogP contribution is 2.48. The summed E-state index contributed by atoms with van der Waals surface area (Å²) < 4.78 is 1.41. The Labute approximate surface area is 140 Å². The molecule has 3 aliphatic rings. The Morgan fingerprint density at radius 3 is 2.71 bits per heavy atom. The van der Waals surface area contributed by atoms with Crippen LogP contribution in [0.15, 0.2) is 23.0 Å². The molecule has 1 spiro atoms. The van der Waals surface area contributed by atoms with E-state index in [1.54, 1.807) is 19.2 Å². The maximum atomic E-state index is 12.7. The predicted molar refractivity (Wildman–Crippen MR) is 88.5 cm³/mol. The Balaban J connectivity index is 1.37. The highest BCUT2D eigenvalue weighted by atomic mass is 16.2. The minimum absolute atomic E-state index is 0.0717. The van der Waals surface area contributed by atoms with Crippen LogP contribution < -0.4 is 10.9 Å². The molecule has 24 heavy (non-hydrogen) atoms. The van der Waals surface area contributed by atoms with Gasteiger partial charge in [-0.3, -0.25) is 14.4 Å². The summed E-state index contributed by atoms with van der Waals surface area (Å²) in [6.45, 7) is 1.45. The molecule has 0 bridgehead atoms. The topological polar surface area (TPSA) is 71.4 Å². The van der Waals surface area contributed by atoms with Crippen molar-refractivity contribution in [2.24, 2.45) is 18.4 Å². The van der Waals surface area contributed by atoms with Crippen LogP contribution >= 0.6 is 0 Å². The Morgan fingerprint density at radius 1 is 1.25 bits per heavy atom. The van der Waals surface area contributed by atoms with Crippen LogP contribution in [-0.2, 0) is 11.8 Å². The highest BCUT2D eigenvalue weighted by Gasteiger charge is 2.50. The molecule has 2 amide bonds. The van der Waals surface area contributed by atoms with Gasteiger partial charge in [0.05, 0.1) is 0 Å². The summed E-state index contributed by atoms with van der Waals surface area (Å²) in [6.07, 6.45) is 4.96. The van der Waals surface area contributed by atoms with Crippen molar-refractivity contribution < 1.29 is 9.59 Å². The smallest absolute Gasteiger partial charge is 0.270 e. The molecule has 0 atom stereocenters. The number of nitrogens with one attached hydrogen (secondary N) is 1. The van der Waals surface area contributed by atoms with Gasteiger partial charge in [-0.1, -0.05) is 6.07 Å².